The van der Waals surface area contributed by atoms with Gasteiger partial charge in [-0.15, -0.1) is 0 Å². The number of nitrogens with zero attached hydrogens (tertiary/aromatic N) is 2. The van der Waals surface area contributed by atoms with Gasteiger partial charge in [-0.2, -0.15) is 0 Å². The Labute approximate surface area is 115 Å². The summed E-state index contributed by atoms with van der Waals surface area (Å²) in [5.41, 5.74) is 8.89. The fourth-order valence-corrected chi connectivity index (χ4v) is 2.39. The molecule has 8 nitrogen and oxygen atoms in total. The second-order valence-corrected chi connectivity index (χ2v) is 4.80. The standard InChI is InChI=1S/C12H17N5O3/c13-12(18)8-1-3-16(4-2-8)10-5-9(15-14)6-11(7-10)17(19)20/h5-8,15H,1-4,14H2,(H2,13,18). The van der Waals surface area contributed by atoms with Gasteiger partial charge in [0.05, 0.1) is 10.6 Å². The van der Waals surface area contributed by atoms with Gasteiger partial charge in [0.1, 0.15) is 0 Å². The van der Waals surface area contributed by atoms with E-state index in [0.717, 1.165) is 5.69 Å². The Hall–Kier alpha value is -2.35. The first kappa shape index (κ1) is 14.1. The van der Waals surface area contributed by atoms with Crippen molar-refractivity contribution in [1.29, 1.82) is 0 Å². The third kappa shape index (κ3) is 2.97. The average Bonchev–Trinajstić information content (AvgIpc) is 2.46. The number of non-ortho nitro benzene ring substituents is 1. The summed E-state index contributed by atoms with van der Waals surface area (Å²) in [4.78, 5) is 23.6. The molecule has 1 aromatic carbocycles. The summed E-state index contributed by atoms with van der Waals surface area (Å²) in [6, 6.07) is 4.63. The number of carbonyl (C=O) groups is 1. The molecule has 2 rings (SSSR count). The highest BCUT2D eigenvalue weighted by molar-refractivity contribution is 5.77. The maximum atomic E-state index is 11.1. The average molecular weight is 279 g/mol. The molecule has 1 saturated heterocycles. The molecule has 0 radical (unpaired) electrons. The number of primary amides is 1. The quantitative estimate of drug-likeness (QED) is 0.420. The molecule has 1 amide bonds. The molecular weight excluding hydrogens is 262 g/mol. The maximum absolute atomic E-state index is 11.1. The van der Waals surface area contributed by atoms with E-state index in [1.54, 1.807) is 6.07 Å². The second kappa shape index (κ2) is 5.74. The lowest BCUT2D eigenvalue weighted by atomic mass is 9.96. The van der Waals surface area contributed by atoms with Gasteiger partial charge in [-0.25, -0.2) is 0 Å². The number of rotatable bonds is 4. The number of nitrogens with two attached hydrogens (primary N) is 2. The zero-order valence-electron chi connectivity index (χ0n) is 10.9. The summed E-state index contributed by atoms with van der Waals surface area (Å²) in [5.74, 6) is 4.93. The number of nitro groups is 1. The van der Waals surface area contributed by atoms with Gasteiger partial charge in [0.2, 0.25) is 5.91 Å². The van der Waals surface area contributed by atoms with Gasteiger partial charge in [-0.1, -0.05) is 0 Å². The van der Waals surface area contributed by atoms with Crippen molar-refractivity contribution in [1.82, 2.24) is 0 Å². The summed E-state index contributed by atoms with van der Waals surface area (Å²) in [6.45, 7) is 1.28. The Balaban J connectivity index is 2.19. The van der Waals surface area contributed by atoms with Crippen LogP contribution in [0.3, 0.4) is 0 Å². The van der Waals surface area contributed by atoms with Crippen LogP contribution >= 0.6 is 0 Å². The number of amides is 1. The molecule has 1 aliphatic rings. The molecule has 0 atom stereocenters. The fraction of sp³-hybridized carbons (Fsp3) is 0.417. The van der Waals surface area contributed by atoms with E-state index in [2.05, 4.69) is 5.43 Å². The Morgan fingerprint density at radius 1 is 1.35 bits per heavy atom. The van der Waals surface area contributed by atoms with Crippen molar-refractivity contribution in [2.45, 2.75) is 12.8 Å². The van der Waals surface area contributed by atoms with E-state index in [4.69, 9.17) is 11.6 Å². The monoisotopic (exact) mass is 279 g/mol. The van der Waals surface area contributed by atoms with Crippen LogP contribution in [0.2, 0.25) is 0 Å². The van der Waals surface area contributed by atoms with Crippen LogP contribution in [0.4, 0.5) is 17.1 Å². The number of benzene rings is 1. The molecule has 0 bridgehead atoms. The molecule has 5 N–H and O–H groups in total. The molecular formula is C12H17N5O3. The lowest BCUT2D eigenvalue weighted by Gasteiger charge is -2.32. The summed E-state index contributed by atoms with van der Waals surface area (Å²) < 4.78 is 0. The van der Waals surface area contributed by atoms with Gasteiger partial charge in [0.15, 0.2) is 0 Å². The topological polar surface area (TPSA) is 128 Å². The first-order valence-corrected chi connectivity index (χ1v) is 6.31. The van der Waals surface area contributed by atoms with E-state index in [1.807, 2.05) is 4.90 Å². The van der Waals surface area contributed by atoms with Gasteiger partial charge in [0.25, 0.3) is 5.69 Å². The molecule has 108 valence electrons. The first-order valence-electron chi connectivity index (χ1n) is 6.31. The number of nitrogen functional groups attached to an aromatic ring is 1. The van der Waals surface area contributed by atoms with Crippen molar-refractivity contribution in [2.24, 2.45) is 17.5 Å². The van der Waals surface area contributed by atoms with Crippen molar-refractivity contribution >= 4 is 23.0 Å². The molecule has 20 heavy (non-hydrogen) atoms. The molecule has 0 spiro atoms. The summed E-state index contributed by atoms with van der Waals surface area (Å²) in [5, 5.41) is 10.9. The predicted molar refractivity (Wildman–Crippen MR) is 75.0 cm³/mol. The number of hydrogen-bond acceptors (Lipinski definition) is 6. The Morgan fingerprint density at radius 3 is 2.50 bits per heavy atom. The predicted octanol–water partition coefficient (Wildman–Crippen LogP) is 0.582. The fourth-order valence-electron chi connectivity index (χ4n) is 2.39. The van der Waals surface area contributed by atoms with Crippen molar-refractivity contribution in [3.05, 3.63) is 28.3 Å². The summed E-state index contributed by atoms with van der Waals surface area (Å²) >= 11 is 0. The molecule has 1 aromatic rings. The molecule has 0 aromatic heterocycles. The van der Waals surface area contributed by atoms with Gasteiger partial charge >= 0.3 is 0 Å². The second-order valence-electron chi connectivity index (χ2n) is 4.80. The number of hydrogen-bond donors (Lipinski definition) is 3. The zero-order chi connectivity index (χ0) is 14.7. The van der Waals surface area contributed by atoms with Gasteiger partial charge < -0.3 is 16.1 Å². The van der Waals surface area contributed by atoms with Crippen LogP contribution in [-0.2, 0) is 4.79 Å². The normalized spacial score (nSPS) is 15.9. The molecule has 0 saturated carbocycles. The summed E-state index contributed by atoms with van der Waals surface area (Å²) in [6.07, 6.45) is 1.31. The van der Waals surface area contributed by atoms with Gasteiger partial charge in [0, 0.05) is 36.8 Å². The third-order valence-corrected chi connectivity index (χ3v) is 3.54. The maximum Gasteiger partial charge on any atom is 0.273 e. The lowest BCUT2D eigenvalue weighted by Crippen LogP contribution is -2.38. The highest BCUT2D eigenvalue weighted by Gasteiger charge is 2.24. The molecule has 8 heteroatoms. The minimum Gasteiger partial charge on any atom is -0.371 e. The van der Waals surface area contributed by atoms with Crippen LogP contribution in [-0.4, -0.2) is 23.9 Å². The highest BCUT2D eigenvalue weighted by Crippen LogP contribution is 2.29. The van der Waals surface area contributed by atoms with Crippen LogP contribution in [0.1, 0.15) is 12.8 Å². The van der Waals surface area contributed by atoms with Crippen LogP contribution in [0.15, 0.2) is 18.2 Å². The SMILES string of the molecule is NNc1cc(N2CCC(C(N)=O)CC2)cc([N+](=O)[O-])c1. The van der Waals surface area contributed by atoms with Gasteiger partial charge in [-0.05, 0) is 18.9 Å². The Kier molecular flexibility index (Phi) is 4.04. The van der Waals surface area contributed by atoms with Crippen molar-refractivity contribution in [3.63, 3.8) is 0 Å². The minimum atomic E-state index is -0.458. The number of hydrazine groups is 1. The smallest absolute Gasteiger partial charge is 0.273 e. The van der Waals surface area contributed by atoms with E-state index in [0.29, 0.717) is 31.6 Å². The molecule has 1 fully saturated rings. The zero-order valence-corrected chi connectivity index (χ0v) is 10.9. The molecule has 0 aliphatic carbocycles. The van der Waals surface area contributed by atoms with Crippen LogP contribution < -0.4 is 21.9 Å². The number of anilines is 2. The lowest BCUT2D eigenvalue weighted by molar-refractivity contribution is -0.384. The van der Waals surface area contributed by atoms with Gasteiger partial charge in [-0.3, -0.25) is 20.8 Å². The Bertz CT molecular complexity index is 526. The summed E-state index contributed by atoms with van der Waals surface area (Å²) in [7, 11) is 0. The molecule has 1 aliphatic heterocycles. The largest absolute Gasteiger partial charge is 0.371 e. The van der Waals surface area contributed by atoms with Crippen molar-refractivity contribution in [2.75, 3.05) is 23.4 Å². The van der Waals surface area contributed by atoms with E-state index >= 15 is 0 Å². The van der Waals surface area contributed by atoms with Crippen LogP contribution in [0.5, 0.6) is 0 Å². The highest BCUT2D eigenvalue weighted by atomic mass is 16.6. The third-order valence-electron chi connectivity index (χ3n) is 3.54. The van der Waals surface area contributed by atoms with E-state index in [1.165, 1.54) is 12.1 Å². The van der Waals surface area contributed by atoms with E-state index < -0.39 is 4.92 Å². The number of carbonyl (C=O) groups excluding carboxylic acids is 1. The van der Waals surface area contributed by atoms with E-state index in [-0.39, 0.29) is 17.5 Å². The number of nitro benzene ring substituents is 1. The Morgan fingerprint density at radius 2 is 2.00 bits per heavy atom. The molecule has 0 unspecified atom stereocenters. The van der Waals surface area contributed by atoms with Crippen molar-refractivity contribution in [3.8, 4) is 0 Å². The molecule has 1 heterocycles. The number of nitrogens with one attached hydrogen (secondary N) is 1. The first-order chi connectivity index (χ1) is 9.51. The number of piperidine rings is 1. The van der Waals surface area contributed by atoms with Crippen molar-refractivity contribution < 1.29 is 9.72 Å². The van der Waals surface area contributed by atoms with E-state index in [9.17, 15) is 14.9 Å². The minimum absolute atomic E-state index is 0.0209. The van der Waals surface area contributed by atoms with Crippen LogP contribution in [0, 0.1) is 16.0 Å². The van der Waals surface area contributed by atoms with Crippen LogP contribution in [0.25, 0.3) is 0 Å².